The second-order valence-electron chi connectivity index (χ2n) is 12.6. The first-order chi connectivity index (χ1) is 22.9. The fourth-order valence-electron chi connectivity index (χ4n) is 6.62. The van der Waals surface area contributed by atoms with E-state index in [4.69, 9.17) is 26.7 Å². The molecule has 248 valence electrons. The lowest BCUT2D eigenvalue weighted by Gasteiger charge is -2.61. The minimum atomic E-state index is -0.756. The van der Waals surface area contributed by atoms with Crippen LogP contribution in [0.3, 0.4) is 0 Å². The summed E-state index contributed by atoms with van der Waals surface area (Å²) in [4.78, 5) is 37.9. The molecule has 4 heterocycles. The first kappa shape index (κ1) is 33.4. The number of benzene rings is 2. The van der Waals surface area contributed by atoms with E-state index in [1.54, 1.807) is 17.9 Å². The molecule has 0 saturated carbocycles. The van der Waals surface area contributed by atoms with Crippen LogP contribution in [0.4, 0.5) is 10.7 Å². The molecule has 1 spiro atoms. The molecule has 1 amide bonds. The number of methoxy groups -OCH3 is 1. The van der Waals surface area contributed by atoms with Crippen LogP contribution in [0, 0.1) is 41.9 Å². The number of amidine groups is 2. The molecule has 2 saturated heterocycles. The molecule has 1 aromatic heterocycles. The van der Waals surface area contributed by atoms with Crippen molar-refractivity contribution in [1.29, 1.82) is 10.8 Å². The standard InChI is InChI=1S/C36H38ClN7O3S/c1-21-22(2)48-34-31(21)32(24-8-10-26(37)11-9-24)41-29(33(39)44(34)23(3)38)16-30(45)43-19-36(20-43)17-42(18-36)27-12-13-28(35(46)47-5)25(15-27)7-6-14-40-4/h8-13,15,29,38-40H,14,16-20H2,1-5H3/t29-/m0/s1. The summed E-state index contributed by atoms with van der Waals surface area (Å²) in [5.41, 5.74) is 5.53. The zero-order valence-electron chi connectivity index (χ0n) is 27.7. The lowest BCUT2D eigenvalue weighted by atomic mass is 9.72. The van der Waals surface area contributed by atoms with Gasteiger partial charge in [-0.3, -0.25) is 25.5 Å². The van der Waals surface area contributed by atoms with Gasteiger partial charge in [-0.1, -0.05) is 35.6 Å². The highest BCUT2D eigenvalue weighted by Crippen LogP contribution is 2.43. The van der Waals surface area contributed by atoms with Gasteiger partial charge in [0, 0.05) is 63.9 Å². The molecule has 3 N–H and O–H groups in total. The summed E-state index contributed by atoms with van der Waals surface area (Å²) in [5, 5.41) is 22.2. The molecule has 6 rings (SSSR count). The summed E-state index contributed by atoms with van der Waals surface area (Å²) >= 11 is 7.75. The third kappa shape index (κ3) is 6.12. The molecular weight excluding hydrogens is 646 g/mol. The van der Waals surface area contributed by atoms with Gasteiger partial charge >= 0.3 is 5.97 Å². The number of likely N-dealkylation sites (tertiary alicyclic amines) is 1. The number of nitrogens with one attached hydrogen (secondary N) is 3. The molecule has 3 aromatic rings. The number of halogens is 1. The van der Waals surface area contributed by atoms with Crippen molar-refractivity contribution in [2.75, 3.05) is 56.7 Å². The number of aliphatic imine (C=N–C) groups is 1. The normalized spacial score (nSPS) is 17.8. The SMILES string of the molecule is CNCC#Cc1cc(N2CC3(CN(C(=O)C[C@@H]4N=C(c5ccc(Cl)cc5)c5c(sc(C)c5C)N(C(C)=N)C4=N)C3)C2)ccc1C(=O)OC. The Morgan fingerprint density at radius 3 is 2.50 bits per heavy atom. The van der Waals surface area contributed by atoms with Crippen molar-refractivity contribution in [3.63, 3.8) is 0 Å². The number of rotatable bonds is 6. The zero-order chi connectivity index (χ0) is 34.3. The zero-order valence-corrected chi connectivity index (χ0v) is 29.2. The molecule has 10 nitrogen and oxygen atoms in total. The first-order valence-corrected chi connectivity index (χ1v) is 16.9. The highest BCUT2D eigenvalue weighted by molar-refractivity contribution is 7.17. The summed E-state index contributed by atoms with van der Waals surface area (Å²) in [6, 6.07) is 12.3. The van der Waals surface area contributed by atoms with Gasteiger partial charge in [-0.05, 0) is 63.7 Å². The number of fused-ring (bicyclic) bond motifs is 1. The molecular formula is C36H38ClN7O3S. The number of carbonyl (C=O) groups excluding carboxylic acids is 2. The van der Waals surface area contributed by atoms with Crippen LogP contribution in [0.2, 0.25) is 5.02 Å². The summed E-state index contributed by atoms with van der Waals surface area (Å²) in [6.45, 7) is 9.07. The van der Waals surface area contributed by atoms with Crippen molar-refractivity contribution in [3.05, 3.63) is 80.2 Å². The highest BCUT2D eigenvalue weighted by atomic mass is 35.5. The van der Waals surface area contributed by atoms with E-state index in [0.29, 0.717) is 41.5 Å². The molecule has 48 heavy (non-hydrogen) atoms. The molecule has 12 heteroatoms. The molecule has 0 unspecified atom stereocenters. The number of hydrogen-bond donors (Lipinski definition) is 3. The van der Waals surface area contributed by atoms with E-state index in [1.807, 2.05) is 62.2 Å². The van der Waals surface area contributed by atoms with Gasteiger partial charge in [0.15, 0.2) is 0 Å². The van der Waals surface area contributed by atoms with Gasteiger partial charge in [-0.25, -0.2) is 4.79 Å². The Balaban J connectivity index is 1.18. The van der Waals surface area contributed by atoms with Crippen molar-refractivity contribution in [2.24, 2.45) is 10.4 Å². The van der Waals surface area contributed by atoms with Crippen LogP contribution < -0.4 is 15.1 Å². The molecule has 2 fully saturated rings. The smallest absolute Gasteiger partial charge is 0.339 e. The Kier molecular flexibility index (Phi) is 9.18. The number of aryl methyl sites for hydroxylation is 1. The van der Waals surface area contributed by atoms with E-state index in [1.165, 1.54) is 18.4 Å². The van der Waals surface area contributed by atoms with E-state index in [9.17, 15) is 15.0 Å². The summed E-state index contributed by atoms with van der Waals surface area (Å²) in [5.74, 6) is 5.96. The Morgan fingerprint density at radius 1 is 1.15 bits per heavy atom. The van der Waals surface area contributed by atoms with Gasteiger partial charge in [0.2, 0.25) is 5.91 Å². The second kappa shape index (κ2) is 13.2. The van der Waals surface area contributed by atoms with E-state index in [-0.39, 0.29) is 29.4 Å². The van der Waals surface area contributed by atoms with Crippen LogP contribution in [-0.2, 0) is 9.53 Å². The van der Waals surface area contributed by atoms with Gasteiger partial charge in [0.05, 0.1) is 31.4 Å². The number of ether oxygens (including phenoxy) is 1. The Labute approximate surface area is 289 Å². The predicted octanol–water partition coefficient (Wildman–Crippen LogP) is 5.12. The van der Waals surface area contributed by atoms with E-state index < -0.39 is 12.0 Å². The third-order valence-electron chi connectivity index (χ3n) is 9.19. The molecule has 2 aromatic carbocycles. The first-order valence-electron chi connectivity index (χ1n) is 15.7. The quantitative estimate of drug-likeness (QED) is 0.144. The van der Waals surface area contributed by atoms with Crippen LogP contribution in [-0.4, -0.2) is 87.1 Å². The predicted molar refractivity (Wildman–Crippen MR) is 193 cm³/mol. The number of esters is 1. The molecule has 0 bridgehead atoms. The molecule has 0 aliphatic carbocycles. The molecule has 3 aliphatic heterocycles. The number of nitrogens with zero attached hydrogens (tertiary/aromatic N) is 4. The number of thiophene rings is 1. The van der Waals surface area contributed by atoms with Gasteiger partial charge in [-0.15, -0.1) is 11.3 Å². The maximum absolute atomic E-state index is 13.7. The monoisotopic (exact) mass is 683 g/mol. The summed E-state index contributed by atoms with van der Waals surface area (Å²) < 4.78 is 4.95. The second-order valence-corrected chi connectivity index (χ2v) is 14.3. The third-order valence-corrected chi connectivity index (χ3v) is 10.6. The van der Waals surface area contributed by atoms with Crippen LogP contribution in [0.15, 0.2) is 47.5 Å². The minimum Gasteiger partial charge on any atom is -0.465 e. The number of hydrogen-bond acceptors (Lipinski definition) is 9. The molecule has 0 radical (unpaired) electrons. The molecule has 3 aliphatic rings. The van der Waals surface area contributed by atoms with Gasteiger partial charge in [0.25, 0.3) is 0 Å². The number of anilines is 2. The van der Waals surface area contributed by atoms with Crippen molar-refractivity contribution in [2.45, 2.75) is 33.2 Å². The fraction of sp³-hybridized carbons (Fsp3) is 0.361. The van der Waals surface area contributed by atoms with Crippen LogP contribution in [0.25, 0.3) is 0 Å². The van der Waals surface area contributed by atoms with Crippen molar-refractivity contribution in [3.8, 4) is 11.8 Å². The van der Waals surface area contributed by atoms with Crippen molar-refractivity contribution < 1.29 is 14.3 Å². The van der Waals surface area contributed by atoms with Gasteiger partial charge < -0.3 is 19.9 Å². The maximum atomic E-state index is 13.7. The lowest BCUT2D eigenvalue weighted by Crippen LogP contribution is -2.73. The average molecular weight is 684 g/mol. The van der Waals surface area contributed by atoms with E-state index >= 15 is 0 Å². The lowest BCUT2D eigenvalue weighted by molar-refractivity contribution is -0.145. The summed E-state index contributed by atoms with van der Waals surface area (Å²) in [6.07, 6.45) is 0.0378. The topological polar surface area (TPSA) is 125 Å². The van der Waals surface area contributed by atoms with E-state index in [0.717, 1.165) is 45.3 Å². The average Bonchev–Trinajstić information content (AvgIpc) is 3.23. The largest absolute Gasteiger partial charge is 0.465 e. The summed E-state index contributed by atoms with van der Waals surface area (Å²) in [7, 11) is 3.18. The van der Waals surface area contributed by atoms with Crippen molar-refractivity contribution >= 4 is 62.9 Å². The van der Waals surface area contributed by atoms with Gasteiger partial charge in [0.1, 0.15) is 22.7 Å². The van der Waals surface area contributed by atoms with Gasteiger partial charge in [-0.2, -0.15) is 0 Å². The molecule has 1 atom stereocenters. The Hall–Kier alpha value is -4.50. The Bertz CT molecular complexity index is 1910. The van der Waals surface area contributed by atoms with Crippen molar-refractivity contribution in [1.82, 2.24) is 10.2 Å². The number of amides is 1. The van der Waals surface area contributed by atoms with Crippen LogP contribution in [0.5, 0.6) is 0 Å². The fourth-order valence-corrected chi connectivity index (χ4v) is 7.97. The Morgan fingerprint density at radius 2 is 1.85 bits per heavy atom. The van der Waals surface area contributed by atoms with Crippen LogP contribution in [0.1, 0.15) is 50.8 Å². The van der Waals surface area contributed by atoms with Crippen LogP contribution >= 0.6 is 22.9 Å². The minimum absolute atomic E-state index is 0.000264. The number of carbonyl (C=O) groups is 2. The highest BCUT2D eigenvalue weighted by Gasteiger charge is 2.53. The van der Waals surface area contributed by atoms with E-state index in [2.05, 4.69) is 22.1 Å². The maximum Gasteiger partial charge on any atom is 0.339 e.